The molecule has 3 nitrogen and oxygen atoms in total. The maximum absolute atomic E-state index is 12.3. The third-order valence-corrected chi connectivity index (χ3v) is 1.97. The van der Waals surface area contributed by atoms with Crippen molar-refractivity contribution in [3.8, 4) is 0 Å². The van der Waals surface area contributed by atoms with Crippen molar-refractivity contribution in [1.29, 1.82) is 0 Å². The van der Waals surface area contributed by atoms with Gasteiger partial charge in [-0.2, -0.15) is 8.78 Å². The smallest absolute Gasteiger partial charge is 0.324 e. The maximum Gasteiger partial charge on any atom is 0.324 e. The van der Waals surface area contributed by atoms with E-state index in [1.807, 2.05) is 0 Å². The number of alkyl halides is 4. The average Bonchev–Trinajstić information content (AvgIpc) is 1.97. The van der Waals surface area contributed by atoms with E-state index in [1.165, 1.54) is 0 Å². The molecule has 1 aliphatic heterocycles. The normalized spacial score (nSPS) is 18.1. The number of carbonyl (C=O) groups is 1. The van der Waals surface area contributed by atoms with E-state index in [-0.39, 0.29) is 5.92 Å². The van der Waals surface area contributed by atoms with Crippen LogP contribution in [0.15, 0.2) is 0 Å². The van der Waals surface area contributed by atoms with Gasteiger partial charge in [0.05, 0.1) is 12.5 Å². The van der Waals surface area contributed by atoms with Gasteiger partial charge >= 0.3 is 12.3 Å². The Kier molecular flexibility index (Phi) is 3.30. The van der Waals surface area contributed by atoms with Crippen LogP contribution in [0.25, 0.3) is 0 Å². The molecule has 1 amide bonds. The third-order valence-electron chi connectivity index (χ3n) is 1.97. The van der Waals surface area contributed by atoms with Crippen molar-refractivity contribution in [2.24, 2.45) is 5.92 Å². The van der Waals surface area contributed by atoms with Crippen LogP contribution in [-0.2, 0) is 4.79 Å². The van der Waals surface area contributed by atoms with Crippen molar-refractivity contribution in [2.45, 2.75) is 12.3 Å². The lowest BCUT2D eigenvalue weighted by Crippen LogP contribution is -2.53. The zero-order chi connectivity index (χ0) is 10.8. The Bertz CT molecular complexity index is 218. The summed E-state index contributed by atoms with van der Waals surface area (Å²) in [5, 5.41) is 4.56. The summed E-state index contributed by atoms with van der Waals surface area (Å²) in [7, 11) is 0. The van der Waals surface area contributed by atoms with Crippen LogP contribution in [0.1, 0.15) is 0 Å². The highest BCUT2D eigenvalue weighted by Crippen LogP contribution is 2.21. The molecule has 0 aromatic carbocycles. The number of amides is 1. The number of hydrogen-bond acceptors (Lipinski definition) is 2. The van der Waals surface area contributed by atoms with E-state index >= 15 is 0 Å². The van der Waals surface area contributed by atoms with E-state index in [9.17, 15) is 22.4 Å². The van der Waals surface area contributed by atoms with Gasteiger partial charge in [-0.3, -0.25) is 4.79 Å². The molecule has 1 heterocycles. The molecule has 7 heteroatoms. The summed E-state index contributed by atoms with van der Waals surface area (Å²) in [6, 6.07) is 0. The van der Waals surface area contributed by atoms with Crippen LogP contribution in [0.4, 0.5) is 17.6 Å². The van der Waals surface area contributed by atoms with Gasteiger partial charge in [0.1, 0.15) is 0 Å². The molecule has 1 aliphatic rings. The van der Waals surface area contributed by atoms with Gasteiger partial charge in [0, 0.05) is 13.1 Å². The van der Waals surface area contributed by atoms with Gasteiger partial charge in [0.2, 0.25) is 5.91 Å². The Labute approximate surface area is 77.8 Å². The fourth-order valence-electron chi connectivity index (χ4n) is 0.901. The lowest BCUT2D eigenvalue weighted by Gasteiger charge is -2.26. The number of halogens is 4. The molecule has 0 unspecified atom stereocenters. The summed E-state index contributed by atoms with van der Waals surface area (Å²) in [6.45, 7) is -0.488. The fourth-order valence-corrected chi connectivity index (χ4v) is 0.901. The number of carbonyl (C=O) groups excluding carboxylic acids is 1. The molecule has 0 bridgehead atoms. The van der Waals surface area contributed by atoms with Crippen molar-refractivity contribution in [3.05, 3.63) is 0 Å². The summed E-state index contributed by atoms with van der Waals surface area (Å²) in [5.74, 6) is -5.13. The van der Waals surface area contributed by atoms with Gasteiger partial charge in [0.25, 0.3) is 0 Å². The summed E-state index contributed by atoms with van der Waals surface area (Å²) in [4.78, 5) is 11.0. The molecule has 0 atom stereocenters. The minimum Gasteiger partial charge on any atom is -0.349 e. The van der Waals surface area contributed by atoms with E-state index in [0.717, 1.165) is 0 Å². The monoisotopic (exact) mass is 214 g/mol. The van der Waals surface area contributed by atoms with Crippen molar-refractivity contribution < 1.29 is 22.4 Å². The Balaban J connectivity index is 2.28. The van der Waals surface area contributed by atoms with E-state index in [1.54, 1.807) is 5.32 Å². The van der Waals surface area contributed by atoms with Gasteiger partial charge < -0.3 is 10.6 Å². The van der Waals surface area contributed by atoms with Crippen molar-refractivity contribution in [1.82, 2.24) is 10.6 Å². The van der Waals surface area contributed by atoms with Crippen molar-refractivity contribution in [3.63, 3.8) is 0 Å². The first-order valence-corrected chi connectivity index (χ1v) is 4.08. The minimum atomic E-state index is -4.15. The molecule has 0 aliphatic carbocycles. The molecule has 1 saturated heterocycles. The molecule has 0 saturated carbocycles. The molecular weight excluding hydrogens is 204 g/mol. The first-order chi connectivity index (χ1) is 6.43. The Morgan fingerprint density at radius 1 is 1.50 bits per heavy atom. The number of nitrogens with one attached hydrogen (secondary N) is 2. The van der Waals surface area contributed by atoms with Gasteiger partial charge in [0.15, 0.2) is 0 Å². The fraction of sp³-hybridized carbons (Fsp3) is 0.857. The summed E-state index contributed by atoms with van der Waals surface area (Å²) in [6.07, 6.45) is -3.75. The van der Waals surface area contributed by atoms with Crippen LogP contribution in [0.5, 0.6) is 0 Å². The molecule has 0 spiro atoms. The summed E-state index contributed by atoms with van der Waals surface area (Å²) < 4.78 is 47.9. The molecular formula is C7H10F4N2O. The topological polar surface area (TPSA) is 41.1 Å². The Morgan fingerprint density at radius 3 is 2.43 bits per heavy atom. The van der Waals surface area contributed by atoms with Crippen molar-refractivity contribution >= 4 is 5.91 Å². The zero-order valence-electron chi connectivity index (χ0n) is 7.20. The predicted molar refractivity (Wildman–Crippen MR) is 40.3 cm³/mol. The molecule has 0 aromatic rings. The molecule has 1 fully saturated rings. The van der Waals surface area contributed by atoms with Crippen molar-refractivity contribution in [2.75, 3.05) is 19.6 Å². The van der Waals surface area contributed by atoms with Crippen LogP contribution in [0.2, 0.25) is 0 Å². The van der Waals surface area contributed by atoms with E-state index in [4.69, 9.17) is 0 Å². The first-order valence-electron chi connectivity index (χ1n) is 4.08. The predicted octanol–water partition coefficient (Wildman–Crippen LogP) is 0.222. The highest BCUT2D eigenvalue weighted by Gasteiger charge is 2.41. The first kappa shape index (κ1) is 11.2. The molecule has 0 aromatic heterocycles. The largest absolute Gasteiger partial charge is 0.349 e. The van der Waals surface area contributed by atoms with E-state index < -0.39 is 24.8 Å². The highest BCUT2D eigenvalue weighted by molar-refractivity contribution is 5.80. The van der Waals surface area contributed by atoms with Crippen LogP contribution >= 0.6 is 0 Å². The number of hydrogen-bond donors (Lipinski definition) is 2. The van der Waals surface area contributed by atoms with Gasteiger partial charge in [-0.1, -0.05) is 0 Å². The highest BCUT2D eigenvalue weighted by atomic mass is 19.3. The Morgan fingerprint density at radius 2 is 2.07 bits per heavy atom. The second-order valence-corrected chi connectivity index (χ2v) is 3.13. The van der Waals surface area contributed by atoms with Crippen LogP contribution < -0.4 is 10.6 Å². The van der Waals surface area contributed by atoms with Crippen LogP contribution in [0, 0.1) is 5.92 Å². The molecule has 1 rings (SSSR count). The summed E-state index contributed by atoms with van der Waals surface area (Å²) >= 11 is 0. The van der Waals surface area contributed by atoms with Crippen LogP contribution in [-0.4, -0.2) is 37.9 Å². The molecule has 14 heavy (non-hydrogen) atoms. The molecule has 0 radical (unpaired) electrons. The Hall–Kier alpha value is -0.850. The zero-order valence-corrected chi connectivity index (χ0v) is 7.20. The van der Waals surface area contributed by atoms with Gasteiger partial charge in [-0.25, -0.2) is 8.78 Å². The maximum atomic E-state index is 12.3. The second-order valence-electron chi connectivity index (χ2n) is 3.13. The van der Waals surface area contributed by atoms with Crippen LogP contribution in [0.3, 0.4) is 0 Å². The lowest BCUT2D eigenvalue weighted by atomic mass is 10.0. The standard InChI is InChI=1S/C7H10F4N2O/c8-6(9)7(10,11)3-13-5(14)4-1-12-2-4/h4,6,12H,1-3H2,(H,13,14). The van der Waals surface area contributed by atoms with E-state index in [0.29, 0.717) is 13.1 Å². The minimum absolute atomic E-state index is 0.372. The van der Waals surface area contributed by atoms with Gasteiger partial charge in [-0.05, 0) is 0 Å². The molecule has 82 valence electrons. The summed E-state index contributed by atoms with van der Waals surface area (Å²) in [5.41, 5.74) is 0. The molecule has 2 N–H and O–H groups in total. The van der Waals surface area contributed by atoms with E-state index in [2.05, 4.69) is 5.32 Å². The lowest BCUT2D eigenvalue weighted by molar-refractivity contribution is -0.139. The number of rotatable bonds is 4. The average molecular weight is 214 g/mol. The quantitative estimate of drug-likeness (QED) is 0.657. The second kappa shape index (κ2) is 4.12. The third kappa shape index (κ3) is 2.57. The van der Waals surface area contributed by atoms with Gasteiger partial charge in [-0.15, -0.1) is 0 Å². The SMILES string of the molecule is O=C(NCC(F)(F)C(F)F)C1CNC1.